The predicted molar refractivity (Wildman–Crippen MR) is 94.8 cm³/mol. The number of rotatable bonds is 6. The molecule has 7 heteroatoms. The highest BCUT2D eigenvalue weighted by molar-refractivity contribution is 5.92. The lowest BCUT2D eigenvalue weighted by atomic mass is 9.86. The van der Waals surface area contributed by atoms with Crippen LogP contribution in [0.3, 0.4) is 0 Å². The fourth-order valence-corrected chi connectivity index (χ4v) is 3.76. The lowest BCUT2D eigenvalue weighted by Crippen LogP contribution is -2.41. The second-order valence-corrected chi connectivity index (χ2v) is 7.32. The highest BCUT2D eigenvalue weighted by Crippen LogP contribution is 2.28. The summed E-state index contributed by atoms with van der Waals surface area (Å²) in [4.78, 5) is 23.2. The van der Waals surface area contributed by atoms with Crippen LogP contribution in [-0.4, -0.2) is 45.1 Å². The fourth-order valence-electron chi connectivity index (χ4n) is 3.76. The SMILES string of the molecule is Cc1ncoc1C(=O)N1CCn2c(CCOCC3CCC3)cnc2[C@H]1C. The largest absolute Gasteiger partial charge is 0.438 e. The van der Waals surface area contributed by atoms with Crippen LogP contribution in [0.2, 0.25) is 0 Å². The van der Waals surface area contributed by atoms with Gasteiger partial charge in [0.2, 0.25) is 5.76 Å². The van der Waals surface area contributed by atoms with Gasteiger partial charge in [0.25, 0.3) is 5.91 Å². The molecule has 2 aromatic heterocycles. The molecule has 2 aromatic rings. The number of carbonyl (C=O) groups is 1. The van der Waals surface area contributed by atoms with Gasteiger partial charge in [-0.3, -0.25) is 4.79 Å². The minimum absolute atomic E-state index is 0.0922. The van der Waals surface area contributed by atoms with Gasteiger partial charge in [-0.15, -0.1) is 0 Å². The maximum Gasteiger partial charge on any atom is 0.292 e. The summed E-state index contributed by atoms with van der Waals surface area (Å²) < 4.78 is 13.3. The maximum atomic E-state index is 12.8. The molecule has 1 amide bonds. The zero-order valence-corrected chi connectivity index (χ0v) is 15.5. The molecule has 0 unspecified atom stereocenters. The number of ether oxygens (including phenoxy) is 1. The van der Waals surface area contributed by atoms with Crippen molar-refractivity contribution in [2.75, 3.05) is 19.8 Å². The zero-order valence-electron chi connectivity index (χ0n) is 15.5. The topological polar surface area (TPSA) is 73.4 Å². The standard InChI is InChI=1S/C19H26N4O3/c1-13-17(26-12-21-13)19(24)22-7-8-23-16(10-20-18(23)14(22)2)6-9-25-11-15-4-3-5-15/h10,12,14-15H,3-9,11H2,1-2H3/t14-/m1/s1. The normalized spacial score (nSPS) is 20.1. The van der Waals surface area contributed by atoms with E-state index in [1.807, 2.05) is 18.0 Å². The predicted octanol–water partition coefficient (Wildman–Crippen LogP) is 2.76. The van der Waals surface area contributed by atoms with Crippen LogP contribution in [0.5, 0.6) is 0 Å². The number of oxazole rings is 1. The van der Waals surface area contributed by atoms with Crippen molar-refractivity contribution in [1.29, 1.82) is 0 Å². The van der Waals surface area contributed by atoms with E-state index in [2.05, 4.69) is 14.5 Å². The summed E-state index contributed by atoms with van der Waals surface area (Å²) in [5.74, 6) is 1.90. The van der Waals surface area contributed by atoms with Crippen LogP contribution in [-0.2, 0) is 17.7 Å². The van der Waals surface area contributed by atoms with Crippen molar-refractivity contribution in [3.05, 3.63) is 35.6 Å². The van der Waals surface area contributed by atoms with E-state index in [1.54, 1.807) is 6.92 Å². The Morgan fingerprint density at radius 2 is 2.19 bits per heavy atom. The molecule has 1 aliphatic carbocycles. The van der Waals surface area contributed by atoms with Crippen molar-refractivity contribution >= 4 is 5.91 Å². The highest BCUT2D eigenvalue weighted by Gasteiger charge is 2.32. The molecule has 0 radical (unpaired) electrons. The van der Waals surface area contributed by atoms with Crippen molar-refractivity contribution < 1.29 is 13.9 Å². The van der Waals surface area contributed by atoms with Crippen LogP contribution in [0, 0.1) is 12.8 Å². The third-order valence-electron chi connectivity index (χ3n) is 5.66. The molecule has 7 nitrogen and oxygen atoms in total. The van der Waals surface area contributed by atoms with E-state index in [0.717, 1.165) is 37.9 Å². The Bertz CT molecular complexity index is 778. The van der Waals surface area contributed by atoms with E-state index in [-0.39, 0.29) is 11.9 Å². The van der Waals surface area contributed by atoms with Crippen molar-refractivity contribution in [3.63, 3.8) is 0 Å². The summed E-state index contributed by atoms with van der Waals surface area (Å²) in [7, 11) is 0. The molecular weight excluding hydrogens is 332 g/mol. The zero-order chi connectivity index (χ0) is 18.1. The highest BCUT2D eigenvalue weighted by atomic mass is 16.5. The van der Waals surface area contributed by atoms with Crippen LogP contribution in [0.25, 0.3) is 0 Å². The number of aromatic nitrogens is 3. The van der Waals surface area contributed by atoms with Crippen LogP contribution >= 0.6 is 0 Å². The third kappa shape index (κ3) is 3.16. The minimum atomic E-state index is -0.118. The van der Waals surface area contributed by atoms with E-state index in [0.29, 0.717) is 18.0 Å². The van der Waals surface area contributed by atoms with Gasteiger partial charge in [-0.05, 0) is 32.6 Å². The maximum absolute atomic E-state index is 12.8. The molecule has 0 bridgehead atoms. The van der Waals surface area contributed by atoms with Gasteiger partial charge in [-0.2, -0.15) is 0 Å². The number of imidazole rings is 1. The van der Waals surface area contributed by atoms with Gasteiger partial charge >= 0.3 is 0 Å². The number of carbonyl (C=O) groups excluding carboxylic acids is 1. The molecule has 0 saturated heterocycles. The molecule has 3 heterocycles. The van der Waals surface area contributed by atoms with Crippen molar-refractivity contribution in [2.24, 2.45) is 5.92 Å². The number of amides is 1. The average molecular weight is 358 g/mol. The molecule has 4 rings (SSSR count). The molecular formula is C19H26N4O3. The van der Waals surface area contributed by atoms with E-state index in [9.17, 15) is 4.79 Å². The van der Waals surface area contributed by atoms with Gasteiger partial charge in [0.05, 0.1) is 18.3 Å². The van der Waals surface area contributed by atoms with Gasteiger partial charge < -0.3 is 18.6 Å². The first-order valence-electron chi connectivity index (χ1n) is 9.48. The second-order valence-electron chi connectivity index (χ2n) is 7.32. The first kappa shape index (κ1) is 17.3. The molecule has 26 heavy (non-hydrogen) atoms. The number of hydrogen-bond acceptors (Lipinski definition) is 5. The Kier molecular flexibility index (Phi) is 4.80. The van der Waals surface area contributed by atoms with Crippen LogP contribution in [0.4, 0.5) is 0 Å². The molecule has 1 atom stereocenters. The van der Waals surface area contributed by atoms with Crippen molar-refractivity contribution in [3.8, 4) is 0 Å². The molecule has 0 N–H and O–H groups in total. The quantitative estimate of drug-likeness (QED) is 0.743. The smallest absolute Gasteiger partial charge is 0.292 e. The first-order valence-corrected chi connectivity index (χ1v) is 9.48. The summed E-state index contributed by atoms with van der Waals surface area (Å²) in [6.45, 7) is 6.80. The summed E-state index contributed by atoms with van der Waals surface area (Å²) in [5, 5.41) is 0. The summed E-state index contributed by atoms with van der Waals surface area (Å²) in [6, 6.07) is -0.0922. The van der Waals surface area contributed by atoms with Crippen LogP contribution in [0.1, 0.15) is 60.0 Å². The minimum Gasteiger partial charge on any atom is -0.438 e. The lowest BCUT2D eigenvalue weighted by Gasteiger charge is -2.34. The number of aryl methyl sites for hydroxylation is 1. The number of hydrogen-bond donors (Lipinski definition) is 0. The molecule has 2 aliphatic rings. The van der Waals surface area contributed by atoms with E-state index in [4.69, 9.17) is 9.15 Å². The molecule has 1 aliphatic heterocycles. The second kappa shape index (κ2) is 7.23. The molecule has 1 fully saturated rings. The number of nitrogens with zero attached hydrogens (tertiary/aromatic N) is 4. The van der Waals surface area contributed by atoms with E-state index < -0.39 is 0 Å². The van der Waals surface area contributed by atoms with Crippen LogP contribution in [0.15, 0.2) is 17.0 Å². The Morgan fingerprint density at radius 1 is 1.35 bits per heavy atom. The third-order valence-corrected chi connectivity index (χ3v) is 5.66. The average Bonchev–Trinajstić information content (AvgIpc) is 3.19. The van der Waals surface area contributed by atoms with E-state index in [1.165, 1.54) is 31.4 Å². The first-order chi connectivity index (χ1) is 12.6. The van der Waals surface area contributed by atoms with Gasteiger partial charge in [0.15, 0.2) is 6.39 Å². The lowest BCUT2D eigenvalue weighted by molar-refractivity contribution is 0.0596. The Hall–Kier alpha value is -2.15. The summed E-state index contributed by atoms with van der Waals surface area (Å²) >= 11 is 0. The Morgan fingerprint density at radius 3 is 2.88 bits per heavy atom. The Labute approximate surface area is 153 Å². The van der Waals surface area contributed by atoms with Gasteiger partial charge in [0.1, 0.15) is 5.82 Å². The monoisotopic (exact) mass is 358 g/mol. The molecule has 1 saturated carbocycles. The summed E-state index contributed by atoms with van der Waals surface area (Å²) in [6.07, 6.45) is 8.08. The van der Waals surface area contributed by atoms with E-state index >= 15 is 0 Å². The Balaban J connectivity index is 1.39. The molecule has 140 valence electrons. The summed E-state index contributed by atoms with van der Waals surface area (Å²) in [5.41, 5.74) is 1.81. The van der Waals surface area contributed by atoms with Gasteiger partial charge in [0, 0.05) is 38.0 Å². The van der Waals surface area contributed by atoms with Gasteiger partial charge in [-0.25, -0.2) is 9.97 Å². The number of fused-ring (bicyclic) bond motifs is 1. The molecule has 0 aromatic carbocycles. The van der Waals surface area contributed by atoms with Crippen molar-refractivity contribution in [1.82, 2.24) is 19.4 Å². The fraction of sp³-hybridized carbons (Fsp3) is 0.632. The molecule has 0 spiro atoms. The van der Waals surface area contributed by atoms with Crippen molar-refractivity contribution in [2.45, 2.75) is 52.1 Å². The van der Waals surface area contributed by atoms with Crippen LogP contribution < -0.4 is 0 Å². The van der Waals surface area contributed by atoms with Gasteiger partial charge in [-0.1, -0.05) is 6.42 Å².